The van der Waals surface area contributed by atoms with Crippen LogP contribution in [-0.4, -0.2) is 43.9 Å². The van der Waals surface area contributed by atoms with E-state index in [0.717, 1.165) is 11.1 Å². The average Bonchev–Trinajstić information content (AvgIpc) is 2.75. The highest BCUT2D eigenvalue weighted by molar-refractivity contribution is 7.91. The van der Waals surface area contributed by atoms with E-state index in [-0.39, 0.29) is 23.6 Å². The van der Waals surface area contributed by atoms with Gasteiger partial charge in [-0.15, -0.1) is 0 Å². The lowest BCUT2D eigenvalue weighted by molar-refractivity contribution is 0.194. The highest BCUT2D eigenvalue weighted by Crippen LogP contribution is 2.16. The largest absolute Gasteiger partial charge is 0.334 e. The van der Waals surface area contributed by atoms with E-state index in [1.807, 2.05) is 31.2 Å². The van der Waals surface area contributed by atoms with Crippen molar-refractivity contribution >= 4 is 15.9 Å². The van der Waals surface area contributed by atoms with Crippen LogP contribution < -0.4 is 5.32 Å². The van der Waals surface area contributed by atoms with Crippen molar-refractivity contribution in [2.75, 3.05) is 18.6 Å². The number of hydrogen-bond donors (Lipinski definition) is 1. The summed E-state index contributed by atoms with van der Waals surface area (Å²) in [5.74, 6) is 0.245. The Balaban J connectivity index is 1.89. The molecule has 0 aromatic heterocycles. The fourth-order valence-electron chi connectivity index (χ4n) is 2.37. The predicted octanol–water partition coefficient (Wildman–Crippen LogP) is 1.32. The number of urea groups is 1. The molecule has 1 aromatic carbocycles. The van der Waals surface area contributed by atoms with E-state index in [1.165, 1.54) is 4.90 Å². The Morgan fingerprint density at radius 3 is 2.80 bits per heavy atom. The zero-order chi connectivity index (χ0) is 14.8. The molecule has 6 heteroatoms. The molecule has 1 heterocycles. The van der Waals surface area contributed by atoms with Crippen LogP contribution in [0.3, 0.4) is 0 Å². The summed E-state index contributed by atoms with van der Waals surface area (Å²) in [6.45, 7) is 2.45. The van der Waals surface area contributed by atoms with Crippen LogP contribution in [0.5, 0.6) is 0 Å². The summed E-state index contributed by atoms with van der Waals surface area (Å²) >= 11 is 0. The molecule has 2 amide bonds. The summed E-state index contributed by atoms with van der Waals surface area (Å²) < 4.78 is 22.9. The maximum absolute atomic E-state index is 12.0. The van der Waals surface area contributed by atoms with Gasteiger partial charge >= 0.3 is 6.03 Å². The molecule has 5 nitrogen and oxygen atoms in total. The molecule has 1 saturated heterocycles. The Morgan fingerprint density at radius 2 is 2.20 bits per heavy atom. The summed E-state index contributed by atoms with van der Waals surface area (Å²) in [5.41, 5.74) is 2.18. The van der Waals surface area contributed by atoms with Crippen LogP contribution in [0.4, 0.5) is 4.79 Å². The molecule has 110 valence electrons. The van der Waals surface area contributed by atoms with Gasteiger partial charge in [-0.2, -0.15) is 0 Å². The first-order valence-corrected chi connectivity index (χ1v) is 8.46. The molecule has 2 rings (SSSR count). The van der Waals surface area contributed by atoms with Crippen LogP contribution in [0.15, 0.2) is 24.3 Å². The standard InChI is InChI=1S/C14H20N2O3S/c1-11-4-3-5-12(8-11)9-15-14(17)16(2)13-6-7-20(18,19)10-13/h3-5,8,13H,6-7,9-10H2,1-2H3,(H,15,17). The molecule has 1 aromatic rings. The number of amides is 2. The van der Waals surface area contributed by atoms with Crippen LogP contribution in [-0.2, 0) is 16.4 Å². The monoisotopic (exact) mass is 296 g/mol. The normalized spacial score (nSPS) is 20.6. The van der Waals surface area contributed by atoms with E-state index < -0.39 is 9.84 Å². The van der Waals surface area contributed by atoms with Crippen LogP contribution in [0.25, 0.3) is 0 Å². The second kappa shape index (κ2) is 5.83. The van der Waals surface area contributed by atoms with Crippen molar-refractivity contribution in [3.8, 4) is 0 Å². The van der Waals surface area contributed by atoms with Crippen LogP contribution in [0.1, 0.15) is 17.5 Å². The van der Waals surface area contributed by atoms with Gasteiger partial charge in [0, 0.05) is 19.6 Å². The molecule has 1 aliphatic rings. The zero-order valence-electron chi connectivity index (χ0n) is 11.8. The summed E-state index contributed by atoms with van der Waals surface area (Å²) in [6, 6.07) is 7.48. The minimum Gasteiger partial charge on any atom is -0.334 e. The topological polar surface area (TPSA) is 66.5 Å². The van der Waals surface area contributed by atoms with Crippen LogP contribution in [0, 0.1) is 6.92 Å². The van der Waals surface area contributed by atoms with Crippen molar-refractivity contribution in [2.45, 2.75) is 25.9 Å². The maximum Gasteiger partial charge on any atom is 0.317 e. The number of sulfone groups is 1. The second-order valence-corrected chi connectivity index (χ2v) is 7.54. The van der Waals surface area contributed by atoms with E-state index in [0.29, 0.717) is 13.0 Å². The fourth-order valence-corrected chi connectivity index (χ4v) is 4.15. The fraction of sp³-hybridized carbons (Fsp3) is 0.500. The highest BCUT2D eigenvalue weighted by Gasteiger charge is 2.32. The van der Waals surface area contributed by atoms with Crippen molar-refractivity contribution in [2.24, 2.45) is 0 Å². The van der Waals surface area contributed by atoms with Crippen molar-refractivity contribution in [3.05, 3.63) is 35.4 Å². The average molecular weight is 296 g/mol. The molecular formula is C14H20N2O3S. The third-order valence-corrected chi connectivity index (χ3v) is 5.35. The molecule has 1 aliphatic heterocycles. The van der Waals surface area contributed by atoms with Crippen molar-refractivity contribution in [1.29, 1.82) is 0 Å². The molecule has 0 aliphatic carbocycles. The number of carbonyl (C=O) groups is 1. The van der Waals surface area contributed by atoms with Gasteiger partial charge in [0.15, 0.2) is 9.84 Å². The van der Waals surface area contributed by atoms with Gasteiger partial charge in [-0.05, 0) is 18.9 Å². The molecule has 20 heavy (non-hydrogen) atoms. The summed E-state index contributed by atoms with van der Waals surface area (Å²) in [4.78, 5) is 13.5. The third-order valence-electron chi connectivity index (χ3n) is 3.60. The van der Waals surface area contributed by atoms with Gasteiger partial charge in [0.2, 0.25) is 0 Å². The first-order valence-electron chi connectivity index (χ1n) is 6.64. The first kappa shape index (κ1) is 14.8. The quantitative estimate of drug-likeness (QED) is 0.915. The molecule has 0 spiro atoms. The number of aryl methyl sites for hydroxylation is 1. The maximum atomic E-state index is 12.0. The Morgan fingerprint density at radius 1 is 1.45 bits per heavy atom. The Bertz CT molecular complexity index is 598. The van der Waals surface area contributed by atoms with Crippen molar-refractivity contribution in [3.63, 3.8) is 0 Å². The van der Waals surface area contributed by atoms with Gasteiger partial charge in [0.25, 0.3) is 0 Å². The molecule has 0 bridgehead atoms. The number of carbonyl (C=O) groups excluding carboxylic acids is 1. The van der Waals surface area contributed by atoms with Crippen molar-refractivity contribution in [1.82, 2.24) is 10.2 Å². The third kappa shape index (κ3) is 3.72. The van der Waals surface area contributed by atoms with E-state index in [2.05, 4.69) is 5.32 Å². The number of benzene rings is 1. The lowest BCUT2D eigenvalue weighted by atomic mass is 10.1. The van der Waals surface area contributed by atoms with Gasteiger partial charge in [-0.25, -0.2) is 13.2 Å². The number of rotatable bonds is 3. The summed E-state index contributed by atoms with van der Waals surface area (Å²) in [5, 5.41) is 2.82. The van der Waals surface area contributed by atoms with Gasteiger partial charge < -0.3 is 10.2 Å². The molecule has 0 saturated carbocycles. The number of nitrogens with one attached hydrogen (secondary N) is 1. The Hall–Kier alpha value is -1.56. The molecule has 1 atom stereocenters. The van der Waals surface area contributed by atoms with E-state index in [4.69, 9.17) is 0 Å². The van der Waals surface area contributed by atoms with Crippen molar-refractivity contribution < 1.29 is 13.2 Å². The predicted molar refractivity (Wildman–Crippen MR) is 78.2 cm³/mol. The zero-order valence-corrected chi connectivity index (χ0v) is 12.6. The molecule has 1 unspecified atom stereocenters. The molecule has 1 N–H and O–H groups in total. The van der Waals surface area contributed by atoms with Gasteiger partial charge in [0.05, 0.1) is 11.5 Å². The summed E-state index contributed by atoms with van der Waals surface area (Å²) in [6.07, 6.45) is 0.525. The van der Waals surface area contributed by atoms with Gasteiger partial charge in [-0.3, -0.25) is 0 Å². The van der Waals surface area contributed by atoms with Gasteiger partial charge in [0.1, 0.15) is 0 Å². The smallest absolute Gasteiger partial charge is 0.317 e. The first-order chi connectivity index (χ1) is 9.37. The number of nitrogens with zero attached hydrogens (tertiary/aromatic N) is 1. The minimum atomic E-state index is -2.97. The second-order valence-electron chi connectivity index (χ2n) is 5.32. The minimum absolute atomic E-state index is 0.0708. The Kier molecular flexibility index (Phi) is 4.32. The van der Waals surface area contributed by atoms with E-state index >= 15 is 0 Å². The Labute approximate surface area is 119 Å². The van der Waals surface area contributed by atoms with Crippen LogP contribution in [0.2, 0.25) is 0 Å². The number of hydrogen-bond acceptors (Lipinski definition) is 3. The molecular weight excluding hydrogens is 276 g/mol. The van der Waals surface area contributed by atoms with E-state index in [1.54, 1.807) is 7.05 Å². The van der Waals surface area contributed by atoms with E-state index in [9.17, 15) is 13.2 Å². The molecule has 1 fully saturated rings. The highest BCUT2D eigenvalue weighted by atomic mass is 32.2. The lowest BCUT2D eigenvalue weighted by Crippen LogP contribution is -2.43. The molecule has 0 radical (unpaired) electrons. The SMILES string of the molecule is Cc1cccc(CNC(=O)N(C)C2CCS(=O)(=O)C2)c1. The lowest BCUT2D eigenvalue weighted by Gasteiger charge is -2.23. The summed E-state index contributed by atoms with van der Waals surface area (Å²) in [7, 11) is -1.32. The van der Waals surface area contributed by atoms with Crippen LogP contribution >= 0.6 is 0 Å². The van der Waals surface area contributed by atoms with Gasteiger partial charge in [-0.1, -0.05) is 29.8 Å².